The highest BCUT2D eigenvalue weighted by Gasteiger charge is 2.25. The molecule has 1 atom stereocenters. The van der Waals surface area contributed by atoms with Gasteiger partial charge < -0.3 is 4.90 Å². The van der Waals surface area contributed by atoms with Crippen molar-refractivity contribution in [1.82, 2.24) is 4.90 Å². The van der Waals surface area contributed by atoms with Gasteiger partial charge in [0.15, 0.2) is 0 Å². The summed E-state index contributed by atoms with van der Waals surface area (Å²) in [6.45, 7) is 7.64. The van der Waals surface area contributed by atoms with Crippen molar-refractivity contribution in [2.45, 2.75) is 39.5 Å². The molecule has 1 aliphatic carbocycles. The van der Waals surface area contributed by atoms with Gasteiger partial charge in [-0.05, 0) is 50.4 Å². The average molecular weight is 340 g/mol. The maximum atomic E-state index is 11.8. The number of likely N-dealkylation sites (N-methyl/N-ethyl adjacent to an activating group) is 1. The van der Waals surface area contributed by atoms with Gasteiger partial charge in [0.1, 0.15) is 5.78 Å². The Morgan fingerprint density at radius 3 is 2.30 bits per heavy atom. The van der Waals surface area contributed by atoms with E-state index in [1.807, 2.05) is 38.1 Å². The van der Waals surface area contributed by atoms with Gasteiger partial charge in [-0.15, -0.1) is 0 Å². The Kier molecular flexibility index (Phi) is 7.46. The van der Waals surface area contributed by atoms with Crippen LogP contribution in [0.15, 0.2) is 28.7 Å². The van der Waals surface area contributed by atoms with Crippen LogP contribution in [-0.4, -0.2) is 30.8 Å². The molecule has 0 heterocycles. The van der Waals surface area contributed by atoms with Crippen LogP contribution in [0, 0.1) is 5.92 Å². The lowest BCUT2D eigenvalue weighted by Crippen LogP contribution is -2.29. The minimum absolute atomic E-state index is 0.00171. The standard InChI is InChI=1S/C15H20BrNO.C2H6/c1-11(18)15(10-17(2)9-12-3-4-12)13-5-7-14(16)8-6-13;1-2/h5-8,12,15H,3-4,9-10H2,1-2H3;1-2H3. The van der Waals surface area contributed by atoms with Gasteiger partial charge in [0, 0.05) is 17.6 Å². The van der Waals surface area contributed by atoms with Crippen LogP contribution in [-0.2, 0) is 4.79 Å². The second-order valence-corrected chi connectivity index (χ2v) is 6.30. The number of carbonyl (C=O) groups is 1. The van der Waals surface area contributed by atoms with Crippen molar-refractivity contribution in [1.29, 1.82) is 0 Å². The van der Waals surface area contributed by atoms with Gasteiger partial charge in [-0.3, -0.25) is 4.79 Å². The monoisotopic (exact) mass is 339 g/mol. The first kappa shape index (κ1) is 17.4. The summed E-state index contributed by atoms with van der Waals surface area (Å²) in [7, 11) is 2.12. The Balaban J connectivity index is 0.000000956. The van der Waals surface area contributed by atoms with Gasteiger partial charge in [0.05, 0.1) is 5.92 Å². The summed E-state index contributed by atoms with van der Waals surface area (Å²) in [5.41, 5.74) is 1.12. The largest absolute Gasteiger partial charge is 0.305 e. The number of halogens is 1. The molecule has 1 aromatic carbocycles. The molecule has 2 rings (SSSR count). The van der Waals surface area contributed by atoms with E-state index in [4.69, 9.17) is 0 Å². The number of ketones is 1. The number of hydrogen-bond donors (Lipinski definition) is 0. The molecule has 0 N–H and O–H groups in total. The highest BCUT2D eigenvalue weighted by atomic mass is 79.9. The van der Waals surface area contributed by atoms with Gasteiger partial charge in [0.2, 0.25) is 0 Å². The van der Waals surface area contributed by atoms with E-state index in [-0.39, 0.29) is 11.7 Å². The van der Waals surface area contributed by atoms with Crippen molar-refractivity contribution in [3.05, 3.63) is 34.3 Å². The van der Waals surface area contributed by atoms with Gasteiger partial charge >= 0.3 is 0 Å². The van der Waals surface area contributed by atoms with Crippen LogP contribution < -0.4 is 0 Å². The second kappa shape index (κ2) is 8.58. The van der Waals surface area contributed by atoms with Crippen LogP contribution >= 0.6 is 15.9 Å². The molecule has 112 valence electrons. The van der Waals surface area contributed by atoms with Crippen LogP contribution in [0.3, 0.4) is 0 Å². The molecule has 1 saturated carbocycles. The SMILES string of the molecule is CC.CC(=O)C(CN(C)CC1CC1)c1ccc(Br)cc1. The van der Waals surface area contributed by atoms with Gasteiger partial charge in [-0.1, -0.05) is 41.9 Å². The summed E-state index contributed by atoms with van der Waals surface area (Å²) in [6, 6.07) is 8.10. The van der Waals surface area contributed by atoms with Crippen molar-refractivity contribution in [3.8, 4) is 0 Å². The van der Waals surface area contributed by atoms with Crippen LogP contribution in [0.2, 0.25) is 0 Å². The molecule has 1 aromatic rings. The molecular weight excluding hydrogens is 314 g/mol. The third kappa shape index (κ3) is 5.76. The topological polar surface area (TPSA) is 20.3 Å². The lowest BCUT2D eigenvalue weighted by Gasteiger charge is -2.22. The van der Waals surface area contributed by atoms with Crippen LogP contribution in [0.4, 0.5) is 0 Å². The molecule has 0 aromatic heterocycles. The second-order valence-electron chi connectivity index (χ2n) is 5.38. The van der Waals surface area contributed by atoms with E-state index >= 15 is 0 Å². The number of rotatable bonds is 6. The van der Waals surface area contributed by atoms with E-state index < -0.39 is 0 Å². The zero-order valence-electron chi connectivity index (χ0n) is 13.0. The van der Waals surface area contributed by atoms with Crippen molar-refractivity contribution >= 4 is 21.7 Å². The molecule has 3 heteroatoms. The molecule has 0 aliphatic heterocycles. The highest BCUT2D eigenvalue weighted by Crippen LogP contribution is 2.30. The molecule has 0 spiro atoms. The molecular formula is C17H26BrNO. The van der Waals surface area contributed by atoms with Crippen LogP contribution in [0.1, 0.15) is 45.1 Å². The zero-order valence-corrected chi connectivity index (χ0v) is 14.6. The number of carbonyl (C=O) groups excluding carboxylic acids is 1. The molecule has 2 nitrogen and oxygen atoms in total. The van der Waals surface area contributed by atoms with E-state index in [2.05, 4.69) is 27.9 Å². The lowest BCUT2D eigenvalue weighted by molar-refractivity contribution is -0.118. The van der Waals surface area contributed by atoms with Crippen molar-refractivity contribution in [3.63, 3.8) is 0 Å². The molecule has 1 fully saturated rings. The third-order valence-electron chi connectivity index (χ3n) is 3.52. The zero-order chi connectivity index (χ0) is 15.1. The molecule has 0 saturated heterocycles. The number of nitrogens with zero attached hydrogens (tertiary/aromatic N) is 1. The quantitative estimate of drug-likeness (QED) is 0.760. The first-order valence-electron chi connectivity index (χ1n) is 7.50. The maximum absolute atomic E-state index is 11.8. The van der Waals surface area contributed by atoms with E-state index in [1.54, 1.807) is 6.92 Å². The Bertz CT molecular complexity index is 412. The van der Waals surface area contributed by atoms with Gasteiger partial charge in [0.25, 0.3) is 0 Å². The molecule has 1 unspecified atom stereocenters. The Morgan fingerprint density at radius 1 is 1.30 bits per heavy atom. The minimum Gasteiger partial charge on any atom is -0.305 e. The maximum Gasteiger partial charge on any atom is 0.138 e. The molecule has 20 heavy (non-hydrogen) atoms. The Hall–Kier alpha value is -0.670. The van der Waals surface area contributed by atoms with Gasteiger partial charge in [-0.2, -0.15) is 0 Å². The van der Waals surface area contributed by atoms with E-state index in [0.717, 1.165) is 29.0 Å². The van der Waals surface area contributed by atoms with E-state index in [1.165, 1.54) is 12.8 Å². The Morgan fingerprint density at radius 2 is 1.85 bits per heavy atom. The summed E-state index contributed by atoms with van der Waals surface area (Å²) >= 11 is 3.43. The fraction of sp³-hybridized carbons (Fsp3) is 0.588. The molecule has 0 amide bonds. The van der Waals surface area contributed by atoms with Gasteiger partial charge in [-0.25, -0.2) is 0 Å². The summed E-state index contributed by atoms with van der Waals surface area (Å²) in [5, 5.41) is 0. The van der Waals surface area contributed by atoms with Crippen molar-refractivity contribution < 1.29 is 4.79 Å². The fourth-order valence-electron chi connectivity index (χ4n) is 2.29. The summed E-state index contributed by atoms with van der Waals surface area (Å²) < 4.78 is 1.06. The molecule has 0 bridgehead atoms. The summed E-state index contributed by atoms with van der Waals surface area (Å²) in [6.07, 6.45) is 2.71. The third-order valence-corrected chi connectivity index (χ3v) is 4.05. The van der Waals surface area contributed by atoms with Crippen molar-refractivity contribution in [2.75, 3.05) is 20.1 Å². The van der Waals surface area contributed by atoms with Crippen LogP contribution in [0.5, 0.6) is 0 Å². The number of hydrogen-bond acceptors (Lipinski definition) is 2. The smallest absolute Gasteiger partial charge is 0.138 e. The van der Waals surface area contributed by atoms with E-state index in [9.17, 15) is 4.79 Å². The average Bonchev–Trinajstić information content (AvgIpc) is 3.23. The number of benzene rings is 1. The van der Waals surface area contributed by atoms with E-state index in [0.29, 0.717) is 0 Å². The predicted octanol–water partition coefficient (Wildman–Crippen LogP) is 4.49. The highest BCUT2D eigenvalue weighted by molar-refractivity contribution is 9.10. The molecule has 1 aliphatic rings. The summed E-state index contributed by atoms with van der Waals surface area (Å²) in [4.78, 5) is 14.1. The first-order chi connectivity index (χ1) is 9.56. The summed E-state index contributed by atoms with van der Waals surface area (Å²) in [5.74, 6) is 1.12. The fourth-order valence-corrected chi connectivity index (χ4v) is 2.56. The lowest BCUT2D eigenvalue weighted by atomic mass is 9.95. The predicted molar refractivity (Wildman–Crippen MR) is 89.1 cm³/mol. The Labute approximate surface area is 131 Å². The normalized spacial score (nSPS) is 15.5. The molecule has 0 radical (unpaired) electrons. The minimum atomic E-state index is 0.00171. The number of Topliss-reactive ketones (excluding diaryl/α,β-unsaturated/α-hetero) is 1. The van der Waals surface area contributed by atoms with Crippen molar-refractivity contribution in [2.24, 2.45) is 5.92 Å². The van der Waals surface area contributed by atoms with Crippen LogP contribution in [0.25, 0.3) is 0 Å². The first-order valence-corrected chi connectivity index (χ1v) is 8.30.